The molecule has 2 atom stereocenters. The summed E-state index contributed by atoms with van der Waals surface area (Å²) in [7, 11) is 1.53. The van der Waals surface area contributed by atoms with Crippen molar-refractivity contribution in [1.29, 1.82) is 0 Å². The molecule has 3 aliphatic heterocycles. The van der Waals surface area contributed by atoms with Gasteiger partial charge in [-0.2, -0.15) is 15.4 Å². The van der Waals surface area contributed by atoms with Gasteiger partial charge in [0.15, 0.2) is 18.1 Å². The van der Waals surface area contributed by atoms with Crippen molar-refractivity contribution in [2.75, 3.05) is 26.8 Å². The van der Waals surface area contributed by atoms with Crippen molar-refractivity contribution in [3.05, 3.63) is 77.4 Å². The Morgan fingerprint density at radius 1 is 0.929 bits per heavy atom. The number of benzene rings is 3. The third-order valence-corrected chi connectivity index (χ3v) is 7.39. The molecule has 0 spiro atoms. The lowest BCUT2D eigenvalue weighted by atomic mass is 10.1. The summed E-state index contributed by atoms with van der Waals surface area (Å²) in [5.74, 6) is 0.888. The van der Waals surface area contributed by atoms with Gasteiger partial charge in [0.2, 0.25) is 5.91 Å². The first-order valence-corrected chi connectivity index (χ1v) is 13.7. The molecular weight excluding hydrogens is 540 g/mol. The Balaban J connectivity index is 1.24. The van der Waals surface area contributed by atoms with Gasteiger partial charge in [-0.3, -0.25) is 14.4 Å². The molecule has 3 N–H and O–H groups in total. The Morgan fingerprint density at radius 3 is 2.57 bits per heavy atom. The minimum absolute atomic E-state index is 0.169. The predicted molar refractivity (Wildman–Crippen MR) is 151 cm³/mol. The van der Waals surface area contributed by atoms with Crippen LogP contribution in [-0.4, -0.2) is 77.0 Å². The lowest BCUT2D eigenvalue weighted by Crippen LogP contribution is -2.45. The van der Waals surface area contributed by atoms with E-state index in [1.807, 2.05) is 30.3 Å². The normalized spacial score (nSPS) is 19.4. The van der Waals surface area contributed by atoms with Crippen molar-refractivity contribution in [1.82, 2.24) is 30.9 Å². The number of H-pyrrole nitrogens is 1. The van der Waals surface area contributed by atoms with Gasteiger partial charge < -0.3 is 29.7 Å². The monoisotopic (exact) mass is 570 g/mol. The quantitative estimate of drug-likeness (QED) is 0.332. The van der Waals surface area contributed by atoms with E-state index in [1.54, 1.807) is 35.2 Å². The first-order chi connectivity index (χ1) is 20.4. The van der Waals surface area contributed by atoms with E-state index in [4.69, 9.17) is 14.2 Å². The van der Waals surface area contributed by atoms with Crippen molar-refractivity contribution in [2.45, 2.75) is 31.5 Å². The fourth-order valence-electron chi connectivity index (χ4n) is 5.14. The number of ether oxygens (including phenoxy) is 3. The number of aromatic nitrogens is 3. The Hall–Kier alpha value is -5.13. The highest BCUT2D eigenvalue weighted by Gasteiger charge is 2.38. The summed E-state index contributed by atoms with van der Waals surface area (Å²) in [5.41, 5.74) is 3.48. The number of carbonyl (C=O) groups is 3. The summed E-state index contributed by atoms with van der Waals surface area (Å²) in [6.45, 7) is 0.723. The second-order valence-electron chi connectivity index (χ2n) is 10.3. The SMILES string of the molecule is COc1ccc2cc1OCC(=O)NCc1ccc(cc1)O[C@H]1CN(C(=O)c3ccc4n[nH]nc4c3)C[C@@H]1NC(=O)CC2. The summed E-state index contributed by atoms with van der Waals surface area (Å²) >= 11 is 0. The van der Waals surface area contributed by atoms with Crippen molar-refractivity contribution in [3.63, 3.8) is 0 Å². The number of amides is 3. The summed E-state index contributed by atoms with van der Waals surface area (Å²) in [4.78, 5) is 40.7. The van der Waals surface area contributed by atoms with Gasteiger partial charge in [-0.25, -0.2) is 0 Å². The summed E-state index contributed by atoms with van der Waals surface area (Å²) in [6.07, 6.45) is 0.182. The second-order valence-corrected chi connectivity index (χ2v) is 10.3. The number of aryl methyl sites for hydroxylation is 1. The lowest BCUT2D eigenvalue weighted by molar-refractivity contribution is -0.123. The average molecular weight is 571 g/mol. The molecular formula is C30H30N6O6. The highest BCUT2D eigenvalue weighted by Crippen LogP contribution is 2.29. The summed E-state index contributed by atoms with van der Waals surface area (Å²) < 4.78 is 17.4. The molecule has 7 rings (SSSR count). The first kappa shape index (κ1) is 27.1. The van der Waals surface area contributed by atoms with Crippen molar-refractivity contribution in [3.8, 4) is 17.2 Å². The lowest BCUT2D eigenvalue weighted by Gasteiger charge is -2.21. The molecule has 0 radical (unpaired) electrons. The minimum Gasteiger partial charge on any atom is -0.493 e. The first-order valence-electron chi connectivity index (χ1n) is 13.7. The molecule has 4 aromatic rings. The van der Waals surface area contributed by atoms with E-state index in [1.165, 1.54) is 7.11 Å². The molecule has 3 aromatic carbocycles. The van der Waals surface area contributed by atoms with Crippen LogP contribution in [-0.2, 0) is 22.6 Å². The molecule has 1 fully saturated rings. The molecule has 216 valence electrons. The van der Waals surface area contributed by atoms with Crippen LogP contribution in [0.5, 0.6) is 17.2 Å². The maximum Gasteiger partial charge on any atom is 0.258 e. The van der Waals surface area contributed by atoms with E-state index >= 15 is 0 Å². The fraction of sp³-hybridized carbons (Fsp3) is 0.300. The minimum atomic E-state index is -0.470. The van der Waals surface area contributed by atoms with Crippen LogP contribution in [0.25, 0.3) is 11.0 Å². The standard InChI is InChI=1S/C30H30N6O6/c1-40-25-10-4-18-5-11-28(37)32-24-15-36(30(39)20-6-9-22-23(13-20)34-35-33-22)16-27(24)42-21-7-2-19(3-8-21)14-31-29(38)17-41-26(25)12-18/h2-4,6-10,12-13,24,27H,5,11,14-17H2,1H3,(H,31,38)(H,32,37)(H,33,34,35)/t24-,27-/m0/s1. The Labute approximate surface area is 241 Å². The maximum absolute atomic E-state index is 13.5. The molecule has 12 nitrogen and oxygen atoms in total. The molecule has 3 aliphatic rings. The fourth-order valence-corrected chi connectivity index (χ4v) is 5.14. The van der Waals surface area contributed by atoms with Gasteiger partial charge in [0.25, 0.3) is 11.8 Å². The van der Waals surface area contributed by atoms with Gasteiger partial charge in [0, 0.05) is 25.1 Å². The van der Waals surface area contributed by atoms with Gasteiger partial charge in [0.1, 0.15) is 22.9 Å². The predicted octanol–water partition coefficient (Wildman–Crippen LogP) is 2.00. The second kappa shape index (κ2) is 11.8. The van der Waals surface area contributed by atoms with Crippen LogP contribution in [0.4, 0.5) is 0 Å². The molecule has 0 aliphatic carbocycles. The van der Waals surface area contributed by atoms with E-state index in [2.05, 4.69) is 26.0 Å². The number of nitrogens with zero attached hydrogens (tertiary/aromatic N) is 3. The number of hydrogen-bond acceptors (Lipinski definition) is 8. The topological polar surface area (TPSA) is 148 Å². The highest BCUT2D eigenvalue weighted by atomic mass is 16.5. The molecule has 0 saturated carbocycles. The number of rotatable bonds is 2. The Bertz CT molecular complexity index is 1620. The molecule has 0 unspecified atom stereocenters. The summed E-state index contributed by atoms with van der Waals surface area (Å²) in [6, 6.07) is 17.5. The van der Waals surface area contributed by atoms with Crippen molar-refractivity contribution >= 4 is 28.8 Å². The highest BCUT2D eigenvalue weighted by molar-refractivity contribution is 5.97. The van der Waals surface area contributed by atoms with E-state index in [9.17, 15) is 14.4 Å². The zero-order valence-electron chi connectivity index (χ0n) is 23.0. The number of nitrogens with one attached hydrogen (secondary N) is 3. The van der Waals surface area contributed by atoms with Crippen LogP contribution in [0.15, 0.2) is 60.7 Å². The van der Waals surface area contributed by atoms with E-state index in [-0.39, 0.29) is 43.8 Å². The number of aromatic amines is 1. The average Bonchev–Trinajstić information content (AvgIpc) is 3.64. The van der Waals surface area contributed by atoms with Crippen LogP contribution < -0.4 is 24.8 Å². The molecule has 1 aromatic heterocycles. The smallest absolute Gasteiger partial charge is 0.258 e. The van der Waals surface area contributed by atoms with Crippen LogP contribution >= 0.6 is 0 Å². The van der Waals surface area contributed by atoms with Crippen LogP contribution in [0.3, 0.4) is 0 Å². The third-order valence-electron chi connectivity index (χ3n) is 7.39. The number of likely N-dealkylation sites (tertiary alicyclic amines) is 1. The van der Waals surface area contributed by atoms with Crippen LogP contribution in [0.1, 0.15) is 27.9 Å². The largest absolute Gasteiger partial charge is 0.493 e. The molecule has 3 amide bonds. The van der Waals surface area contributed by atoms with E-state index in [0.717, 1.165) is 11.1 Å². The molecule has 1 saturated heterocycles. The Morgan fingerprint density at radius 2 is 1.74 bits per heavy atom. The van der Waals surface area contributed by atoms with E-state index in [0.29, 0.717) is 46.8 Å². The number of methoxy groups -OCH3 is 1. The van der Waals surface area contributed by atoms with E-state index < -0.39 is 12.1 Å². The Kier molecular flexibility index (Phi) is 7.58. The van der Waals surface area contributed by atoms with Crippen LogP contribution in [0.2, 0.25) is 0 Å². The van der Waals surface area contributed by atoms with Crippen LogP contribution in [0, 0.1) is 0 Å². The third kappa shape index (κ3) is 5.97. The molecule has 12 heteroatoms. The van der Waals surface area contributed by atoms with Crippen molar-refractivity contribution < 1.29 is 28.6 Å². The zero-order valence-corrected chi connectivity index (χ0v) is 23.0. The van der Waals surface area contributed by atoms with Gasteiger partial charge in [-0.15, -0.1) is 0 Å². The van der Waals surface area contributed by atoms with Crippen molar-refractivity contribution in [2.24, 2.45) is 0 Å². The number of fused-ring (bicyclic) bond motifs is 10. The van der Waals surface area contributed by atoms with Gasteiger partial charge in [0.05, 0.1) is 19.7 Å². The molecule has 4 heterocycles. The van der Waals surface area contributed by atoms with Gasteiger partial charge in [-0.1, -0.05) is 18.2 Å². The number of hydrogen-bond donors (Lipinski definition) is 3. The van der Waals surface area contributed by atoms with Gasteiger partial charge >= 0.3 is 0 Å². The molecule has 4 bridgehead atoms. The van der Waals surface area contributed by atoms with Gasteiger partial charge in [-0.05, 0) is 60.0 Å². The maximum atomic E-state index is 13.5. The molecule has 42 heavy (non-hydrogen) atoms. The zero-order chi connectivity index (χ0) is 29.1. The number of carbonyl (C=O) groups excluding carboxylic acids is 3. The summed E-state index contributed by atoms with van der Waals surface area (Å²) in [5, 5.41) is 16.6.